The van der Waals surface area contributed by atoms with Crippen molar-refractivity contribution >= 4 is 23.3 Å². The average Bonchev–Trinajstić information content (AvgIpc) is 2.52. The van der Waals surface area contributed by atoms with Gasteiger partial charge in [-0.1, -0.05) is 18.5 Å². The topological polar surface area (TPSA) is 58.9 Å². The average molecular weight is 325 g/mol. The van der Waals surface area contributed by atoms with Gasteiger partial charge < -0.3 is 9.94 Å². The van der Waals surface area contributed by atoms with Gasteiger partial charge in [-0.15, -0.1) is 0 Å². The van der Waals surface area contributed by atoms with Gasteiger partial charge in [0.15, 0.2) is 5.78 Å². The Hall–Kier alpha value is -0.970. The molecule has 0 amide bonds. The first-order chi connectivity index (χ1) is 10.7. The number of aliphatic hydroxyl groups is 1. The van der Waals surface area contributed by atoms with E-state index in [1.165, 1.54) is 18.6 Å². The molecule has 0 saturated carbocycles. The zero-order valence-electron chi connectivity index (χ0n) is 13.6. The van der Waals surface area contributed by atoms with E-state index in [4.69, 9.17) is 4.84 Å². The van der Waals surface area contributed by atoms with Gasteiger partial charge in [0, 0.05) is 12.8 Å². The fraction of sp³-hybridized carbons (Fsp3) is 0.765. The van der Waals surface area contributed by atoms with Gasteiger partial charge in [0.2, 0.25) is 0 Å². The van der Waals surface area contributed by atoms with Crippen molar-refractivity contribution in [2.75, 3.05) is 18.1 Å². The molecule has 5 heteroatoms. The lowest BCUT2D eigenvalue weighted by atomic mass is 9.76. The monoisotopic (exact) mass is 325 g/mol. The Morgan fingerprint density at radius 2 is 2.18 bits per heavy atom. The molecule has 4 nitrogen and oxygen atoms in total. The lowest BCUT2D eigenvalue weighted by molar-refractivity contribution is -0.117. The summed E-state index contributed by atoms with van der Waals surface area (Å²) >= 11 is 1.97. The smallest absolute Gasteiger partial charge is 0.168 e. The lowest BCUT2D eigenvalue weighted by Gasteiger charge is -2.32. The number of Topliss-reactive ketones (excluding diaryl/α,β-unsaturated/α-hetero) is 1. The van der Waals surface area contributed by atoms with Crippen molar-refractivity contribution in [1.82, 2.24) is 0 Å². The SMILES string of the molecule is CCC/C(=N/OCC)C1=C(O)CC(C2CCCSC2)CC1=O. The highest BCUT2D eigenvalue weighted by Crippen LogP contribution is 2.38. The predicted octanol–water partition coefficient (Wildman–Crippen LogP) is 4.11. The van der Waals surface area contributed by atoms with Crippen LogP contribution in [0.1, 0.15) is 52.4 Å². The number of hydrogen-bond acceptors (Lipinski definition) is 5. The number of allylic oxidation sites excluding steroid dienone is 2. The number of oxime groups is 1. The zero-order valence-corrected chi connectivity index (χ0v) is 14.5. The molecular formula is C17H27NO3S. The Balaban J connectivity index is 2.15. The highest BCUT2D eigenvalue weighted by molar-refractivity contribution is 7.99. The number of aliphatic hydroxyl groups excluding tert-OH is 1. The van der Waals surface area contributed by atoms with Crippen LogP contribution in [0.4, 0.5) is 0 Å². The summed E-state index contributed by atoms with van der Waals surface area (Å²) in [5.74, 6) is 3.46. The first kappa shape index (κ1) is 17.4. The van der Waals surface area contributed by atoms with E-state index in [-0.39, 0.29) is 11.5 Å². The van der Waals surface area contributed by atoms with Crippen molar-refractivity contribution in [3.8, 4) is 0 Å². The third kappa shape index (κ3) is 4.28. The number of ketones is 1. The van der Waals surface area contributed by atoms with E-state index in [2.05, 4.69) is 5.16 Å². The molecule has 2 aliphatic rings. The van der Waals surface area contributed by atoms with Crippen LogP contribution in [-0.4, -0.2) is 34.7 Å². The van der Waals surface area contributed by atoms with Crippen LogP contribution in [0.5, 0.6) is 0 Å². The first-order valence-electron chi connectivity index (χ1n) is 8.39. The van der Waals surface area contributed by atoms with Crippen LogP contribution in [0.2, 0.25) is 0 Å². The summed E-state index contributed by atoms with van der Waals surface area (Å²) < 4.78 is 0. The summed E-state index contributed by atoms with van der Waals surface area (Å²) in [5, 5.41) is 14.5. The molecule has 2 atom stereocenters. The number of nitrogens with zero attached hydrogens (tertiary/aromatic N) is 1. The van der Waals surface area contributed by atoms with Crippen LogP contribution in [0, 0.1) is 11.8 Å². The van der Waals surface area contributed by atoms with Gasteiger partial charge in [-0.25, -0.2) is 0 Å². The van der Waals surface area contributed by atoms with Crippen LogP contribution in [0.25, 0.3) is 0 Å². The molecule has 2 unspecified atom stereocenters. The number of carbonyl (C=O) groups is 1. The van der Waals surface area contributed by atoms with Crippen molar-refractivity contribution in [2.45, 2.75) is 52.4 Å². The molecule has 0 aromatic carbocycles. The second-order valence-corrected chi connectivity index (χ2v) is 7.25. The molecule has 124 valence electrons. The zero-order chi connectivity index (χ0) is 15.9. The molecule has 1 heterocycles. The number of carbonyl (C=O) groups excluding carboxylic acids is 1. The van der Waals surface area contributed by atoms with Crippen LogP contribution in [0.15, 0.2) is 16.5 Å². The highest BCUT2D eigenvalue weighted by atomic mass is 32.2. The molecule has 0 bridgehead atoms. The first-order valence-corrected chi connectivity index (χ1v) is 9.55. The van der Waals surface area contributed by atoms with Crippen LogP contribution >= 0.6 is 11.8 Å². The van der Waals surface area contributed by atoms with Gasteiger partial charge in [-0.05, 0) is 49.5 Å². The molecule has 1 saturated heterocycles. The van der Waals surface area contributed by atoms with Gasteiger partial charge in [0.05, 0.1) is 11.3 Å². The molecule has 22 heavy (non-hydrogen) atoms. The fourth-order valence-electron chi connectivity index (χ4n) is 3.32. The normalized spacial score (nSPS) is 27.2. The van der Waals surface area contributed by atoms with E-state index in [9.17, 15) is 9.90 Å². The summed E-state index contributed by atoms with van der Waals surface area (Å²) in [4.78, 5) is 17.7. The Morgan fingerprint density at radius 3 is 2.77 bits per heavy atom. The van der Waals surface area contributed by atoms with Crippen molar-refractivity contribution < 1.29 is 14.7 Å². The summed E-state index contributed by atoms with van der Waals surface area (Å²) in [6.45, 7) is 4.37. The Labute approximate surface area is 137 Å². The van der Waals surface area contributed by atoms with Gasteiger partial charge in [-0.2, -0.15) is 11.8 Å². The Bertz CT molecular complexity index is 453. The second-order valence-electron chi connectivity index (χ2n) is 6.10. The van der Waals surface area contributed by atoms with E-state index < -0.39 is 0 Å². The molecule has 1 aliphatic heterocycles. The van der Waals surface area contributed by atoms with Gasteiger partial charge in [0.25, 0.3) is 0 Å². The molecule has 0 aromatic rings. The largest absolute Gasteiger partial charge is 0.511 e. The maximum Gasteiger partial charge on any atom is 0.168 e. The molecule has 1 aliphatic carbocycles. The Morgan fingerprint density at radius 1 is 1.36 bits per heavy atom. The van der Waals surface area contributed by atoms with Crippen molar-refractivity contribution in [2.24, 2.45) is 17.0 Å². The molecular weight excluding hydrogens is 298 g/mol. The van der Waals surface area contributed by atoms with E-state index in [0.29, 0.717) is 49.0 Å². The van der Waals surface area contributed by atoms with E-state index in [1.807, 2.05) is 25.6 Å². The molecule has 1 N–H and O–H groups in total. The van der Waals surface area contributed by atoms with Gasteiger partial charge >= 0.3 is 0 Å². The minimum atomic E-state index is 0.0382. The third-order valence-corrected chi connectivity index (χ3v) is 5.65. The maximum absolute atomic E-state index is 12.6. The highest BCUT2D eigenvalue weighted by Gasteiger charge is 2.35. The summed E-state index contributed by atoms with van der Waals surface area (Å²) in [6, 6.07) is 0. The quantitative estimate of drug-likeness (QED) is 0.589. The number of thioether (sulfide) groups is 1. The summed E-state index contributed by atoms with van der Waals surface area (Å²) in [7, 11) is 0. The predicted molar refractivity (Wildman–Crippen MR) is 91.4 cm³/mol. The van der Waals surface area contributed by atoms with Crippen molar-refractivity contribution in [1.29, 1.82) is 0 Å². The minimum absolute atomic E-state index is 0.0382. The Kier molecular flexibility index (Phi) is 6.80. The molecule has 2 rings (SSSR count). The van der Waals surface area contributed by atoms with Gasteiger partial charge in [0.1, 0.15) is 12.4 Å². The van der Waals surface area contributed by atoms with E-state index in [0.717, 1.165) is 12.2 Å². The van der Waals surface area contributed by atoms with Crippen LogP contribution < -0.4 is 0 Å². The third-order valence-electron chi connectivity index (χ3n) is 4.41. The maximum atomic E-state index is 12.6. The summed E-state index contributed by atoms with van der Waals surface area (Å²) in [6.07, 6.45) is 5.10. The fourth-order valence-corrected chi connectivity index (χ4v) is 4.60. The number of hydrogen-bond donors (Lipinski definition) is 1. The van der Waals surface area contributed by atoms with Crippen molar-refractivity contribution in [3.05, 3.63) is 11.3 Å². The van der Waals surface area contributed by atoms with Gasteiger partial charge in [-0.3, -0.25) is 4.79 Å². The second kappa shape index (κ2) is 8.61. The molecule has 1 fully saturated rings. The molecule has 0 spiro atoms. The summed E-state index contributed by atoms with van der Waals surface area (Å²) in [5.41, 5.74) is 1.04. The van der Waals surface area contributed by atoms with Crippen LogP contribution in [-0.2, 0) is 9.63 Å². The van der Waals surface area contributed by atoms with Crippen LogP contribution in [0.3, 0.4) is 0 Å². The molecule has 0 radical (unpaired) electrons. The van der Waals surface area contributed by atoms with E-state index >= 15 is 0 Å². The standard InChI is InChI=1S/C17H27NO3S/c1-3-6-14(18-21-4-2)17-15(19)9-13(10-16(17)20)12-7-5-8-22-11-12/h12-13,19H,3-11H2,1-2H3/b18-14-. The molecule has 0 aromatic heterocycles. The van der Waals surface area contributed by atoms with Crippen molar-refractivity contribution in [3.63, 3.8) is 0 Å². The minimum Gasteiger partial charge on any atom is -0.511 e. The van der Waals surface area contributed by atoms with E-state index in [1.54, 1.807) is 0 Å². The number of rotatable bonds is 6. The lowest BCUT2D eigenvalue weighted by Crippen LogP contribution is -2.30.